The fourth-order valence-corrected chi connectivity index (χ4v) is 2.03. The van der Waals surface area contributed by atoms with E-state index in [0.29, 0.717) is 12.5 Å². The van der Waals surface area contributed by atoms with Crippen LogP contribution in [0.4, 0.5) is 5.13 Å². The van der Waals surface area contributed by atoms with Crippen molar-refractivity contribution in [1.29, 1.82) is 0 Å². The van der Waals surface area contributed by atoms with Crippen molar-refractivity contribution in [3.63, 3.8) is 0 Å². The summed E-state index contributed by atoms with van der Waals surface area (Å²) >= 11 is 1.61. The van der Waals surface area contributed by atoms with Gasteiger partial charge in [-0.05, 0) is 6.92 Å². The van der Waals surface area contributed by atoms with Crippen LogP contribution >= 0.6 is 11.3 Å². The summed E-state index contributed by atoms with van der Waals surface area (Å²) in [7, 11) is 0. The van der Waals surface area contributed by atoms with Crippen LogP contribution in [0.25, 0.3) is 0 Å². The molecular weight excluding hydrogens is 198 g/mol. The Morgan fingerprint density at radius 1 is 1.43 bits per heavy atom. The van der Waals surface area contributed by atoms with E-state index in [2.05, 4.69) is 24.0 Å². The molecule has 0 spiro atoms. The normalized spacial score (nSPS) is 10.9. The smallest absolute Gasteiger partial charge is 0.208 e. The van der Waals surface area contributed by atoms with Crippen molar-refractivity contribution < 1.29 is 5.11 Å². The fraction of sp³-hybridized carbons (Fsp3) is 0.778. The van der Waals surface area contributed by atoms with Crippen LogP contribution in [0, 0.1) is 0 Å². The van der Waals surface area contributed by atoms with Crippen LogP contribution in [0.1, 0.15) is 31.7 Å². The van der Waals surface area contributed by atoms with Gasteiger partial charge in [0.15, 0.2) is 0 Å². The average molecular weight is 215 g/mol. The van der Waals surface area contributed by atoms with Crippen LogP contribution in [-0.4, -0.2) is 35.0 Å². The molecule has 0 amide bonds. The van der Waals surface area contributed by atoms with Crippen molar-refractivity contribution >= 4 is 16.5 Å². The molecule has 0 aromatic carbocycles. The highest BCUT2D eigenvalue weighted by molar-refractivity contribution is 7.15. The third-order valence-electron chi connectivity index (χ3n) is 1.95. The highest BCUT2D eigenvalue weighted by atomic mass is 32.1. The number of aromatic nitrogens is 2. The predicted octanol–water partition coefficient (Wildman–Crippen LogP) is 1.48. The molecule has 0 bridgehead atoms. The van der Waals surface area contributed by atoms with Crippen molar-refractivity contribution in [2.75, 3.05) is 24.6 Å². The van der Waals surface area contributed by atoms with Gasteiger partial charge in [-0.2, -0.15) is 0 Å². The molecule has 0 atom stereocenters. The third-order valence-corrected chi connectivity index (χ3v) is 3.23. The van der Waals surface area contributed by atoms with Crippen LogP contribution in [-0.2, 0) is 0 Å². The van der Waals surface area contributed by atoms with Gasteiger partial charge in [0.1, 0.15) is 5.01 Å². The van der Waals surface area contributed by atoms with Gasteiger partial charge in [0.25, 0.3) is 0 Å². The van der Waals surface area contributed by atoms with Crippen LogP contribution < -0.4 is 4.90 Å². The Bertz CT molecular complexity index is 275. The van der Waals surface area contributed by atoms with Crippen LogP contribution in [0.15, 0.2) is 0 Å². The minimum atomic E-state index is 0.157. The number of aliphatic hydroxyl groups excluding tert-OH is 1. The molecule has 0 unspecified atom stereocenters. The van der Waals surface area contributed by atoms with E-state index >= 15 is 0 Å². The Kier molecular flexibility index (Phi) is 4.28. The van der Waals surface area contributed by atoms with Gasteiger partial charge in [0, 0.05) is 19.0 Å². The van der Waals surface area contributed by atoms with Crippen molar-refractivity contribution in [2.45, 2.75) is 26.7 Å². The summed E-state index contributed by atoms with van der Waals surface area (Å²) in [4.78, 5) is 2.03. The molecule has 0 saturated heterocycles. The first-order valence-corrected chi connectivity index (χ1v) is 5.69. The zero-order chi connectivity index (χ0) is 10.6. The maximum Gasteiger partial charge on any atom is 0.208 e. The van der Waals surface area contributed by atoms with Crippen molar-refractivity contribution in [2.24, 2.45) is 0 Å². The summed E-state index contributed by atoms with van der Waals surface area (Å²) in [5.41, 5.74) is 0. The molecule has 0 saturated carbocycles. The number of rotatable bonds is 5. The third kappa shape index (κ3) is 2.65. The Morgan fingerprint density at radius 3 is 2.57 bits per heavy atom. The highest BCUT2D eigenvalue weighted by Gasteiger charge is 2.12. The molecule has 0 aliphatic carbocycles. The summed E-state index contributed by atoms with van der Waals surface area (Å²) in [6, 6.07) is 0. The van der Waals surface area contributed by atoms with Crippen molar-refractivity contribution in [1.82, 2.24) is 10.2 Å². The first-order chi connectivity index (χ1) is 6.69. The molecule has 1 aromatic heterocycles. The number of likely N-dealkylation sites (N-methyl/N-ethyl adjacent to an activating group) is 1. The summed E-state index contributed by atoms with van der Waals surface area (Å²) in [6.45, 7) is 7.90. The van der Waals surface area contributed by atoms with Gasteiger partial charge in [0.05, 0.1) is 6.61 Å². The standard InChI is InChI=1S/C9H17N3OS/c1-4-12(5-6-13)9-11-10-8(14-9)7(2)3/h7,13H,4-6H2,1-3H3. The summed E-state index contributed by atoms with van der Waals surface area (Å²) in [5.74, 6) is 0.425. The minimum absolute atomic E-state index is 0.157. The topological polar surface area (TPSA) is 49.2 Å². The van der Waals surface area contributed by atoms with Gasteiger partial charge in [-0.1, -0.05) is 25.2 Å². The molecular formula is C9H17N3OS. The van der Waals surface area contributed by atoms with Crippen molar-refractivity contribution in [3.05, 3.63) is 5.01 Å². The zero-order valence-corrected chi connectivity index (χ0v) is 9.71. The molecule has 1 aromatic rings. The van der Waals surface area contributed by atoms with E-state index in [4.69, 9.17) is 5.11 Å². The van der Waals surface area contributed by atoms with Gasteiger partial charge < -0.3 is 10.0 Å². The van der Waals surface area contributed by atoms with E-state index in [-0.39, 0.29) is 6.61 Å². The first-order valence-electron chi connectivity index (χ1n) is 4.88. The number of aliphatic hydroxyl groups is 1. The number of anilines is 1. The Hall–Kier alpha value is -0.680. The highest BCUT2D eigenvalue weighted by Crippen LogP contribution is 2.25. The van der Waals surface area contributed by atoms with E-state index < -0.39 is 0 Å². The van der Waals surface area contributed by atoms with Gasteiger partial charge in [-0.15, -0.1) is 10.2 Å². The Labute approximate surface area is 88.6 Å². The average Bonchev–Trinajstić information content (AvgIpc) is 2.63. The van der Waals surface area contributed by atoms with E-state index in [0.717, 1.165) is 16.7 Å². The van der Waals surface area contributed by atoms with Crippen LogP contribution in [0.2, 0.25) is 0 Å². The molecule has 1 N–H and O–H groups in total. The lowest BCUT2D eigenvalue weighted by atomic mass is 10.2. The lowest BCUT2D eigenvalue weighted by molar-refractivity contribution is 0.302. The Morgan fingerprint density at radius 2 is 2.14 bits per heavy atom. The second-order valence-corrected chi connectivity index (χ2v) is 4.37. The lowest BCUT2D eigenvalue weighted by Gasteiger charge is -2.16. The molecule has 4 nitrogen and oxygen atoms in total. The molecule has 0 aliphatic heterocycles. The number of hydrogen-bond donors (Lipinski definition) is 1. The SMILES string of the molecule is CCN(CCO)c1nnc(C(C)C)s1. The van der Waals surface area contributed by atoms with Gasteiger partial charge in [0.2, 0.25) is 5.13 Å². The van der Waals surface area contributed by atoms with Crippen molar-refractivity contribution in [3.8, 4) is 0 Å². The summed E-state index contributed by atoms with van der Waals surface area (Å²) < 4.78 is 0. The molecule has 5 heteroatoms. The largest absolute Gasteiger partial charge is 0.395 e. The van der Waals surface area contributed by atoms with E-state index in [1.165, 1.54) is 0 Å². The fourth-order valence-electron chi connectivity index (χ4n) is 1.10. The molecule has 0 radical (unpaired) electrons. The summed E-state index contributed by atoms with van der Waals surface area (Å²) in [6.07, 6.45) is 0. The molecule has 1 rings (SSSR count). The molecule has 1 heterocycles. The second kappa shape index (κ2) is 5.26. The molecule has 80 valence electrons. The van der Waals surface area contributed by atoms with Crippen LogP contribution in [0.3, 0.4) is 0 Å². The maximum absolute atomic E-state index is 8.86. The minimum Gasteiger partial charge on any atom is -0.395 e. The number of hydrogen-bond acceptors (Lipinski definition) is 5. The molecule has 0 aliphatic rings. The van der Waals surface area contributed by atoms with Gasteiger partial charge >= 0.3 is 0 Å². The van der Waals surface area contributed by atoms with E-state index in [1.807, 2.05) is 11.8 Å². The predicted molar refractivity (Wildman–Crippen MR) is 59.0 cm³/mol. The first kappa shape index (κ1) is 11.4. The van der Waals surface area contributed by atoms with Gasteiger partial charge in [-0.25, -0.2) is 0 Å². The molecule has 14 heavy (non-hydrogen) atoms. The Balaban J connectivity index is 2.73. The lowest BCUT2D eigenvalue weighted by Crippen LogP contribution is -2.25. The number of nitrogens with zero attached hydrogens (tertiary/aromatic N) is 3. The molecule has 0 fully saturated rings. The van der Waals surface area contributed by atoms with E-state index in [9.17, 15) is 0 Å². The zero-order valence-electron chi connectivity index (χ0n) is 8.90. The van der Waals surface area contributed by atoms with Crippen LogP contribution in [0.5, 0.6) is 0 Å². The monoisotopic (exact) mass is 215 g/mol. The quantitative estimate of drug-likeness (QED) is 0.808. The van der Waals surface area contributed by atoms with Gasteiger partial charge in [-0.3, -0.25) is 0 Å². The summed E-state index contributed by atoms with van der Waals surface area (Å²) in [5, 5.41) is 19.0. The second-order valence-electron chi connectivity index (χ2n) is 3.38. The maximum atomic E-state index is 8.86. The van der Waals surface area contributed by atoms with E-state index in [1.54, 1.807) is 11.3 Å².